The van der Waals surface area contributed by atoms with Crippen LogP contribution in [0.5, 0.6) is 0 Å². The molecule has 5 heteroatoms. The summed E-state index contributed by atoms with van der Waals surface area (Å²) in [5, 5.41) is 6.91. The average molecular weight is 366 g/mol. The zero-order chi connectivity index (χ0) is 18.5. The molecule has 132 valence electrons. The molecule has 2 aromatic carbocycles. The van der Waals surface area contributed by atoms with Crippen molar-refractivity contribution in [2.24, 2.45) is 0 Å². The van der Waals surface area contributed by atoms with Crippen LogP contribution in [0.3, 0.4) is 0 Å². The molecule has 26 heavy (non-hydrogen) atoms. The molecule has 3 rings (SSSR count). The fourth-order valence-corrected chi connectivity index (χ4v) is 2.75. The van der Waals surface area contributed by atoms with Crippen LogP contribution in [0.4, 0.5) is 11.4 Å². The number of anilines is 2. The number of nitrogens with one attached hydrogen (secondary N) is 2. The van der Waals surface area contributed by atoms with Crippen molar-refractivity contribution in [3.63, 3.8) is 0 Å². The van der Waals surface area contributed by atoms with Gasteiger partial charge in [-0.1, -0.05) is 48.0 Å². The maximum atomic E-state index is 12.5. The molecular formula is C21H20ClN3O. The Kier molecular flexibility index (Phi) is 5.54. The summed E-state index contributed by atoms with van der Waals surface area (Å²) in [4.78, 5) is 16.7. The minimum atomic E-state index is -0.216. The minimum absolute atomic E-state index is 0.0991. The Morgan fingerprint density at radius 2 is 1.77 bits per heavy atom. The number of amides is 1. The molecular weight excluding hydrogens is 346 g/mol. The van der Waals surface area contributed by atoms with Gasteiger partial charge in [0, 0.05) is 22.6 Å². The van der Waals surface area contributed by atoms with Gasteiger partial charge in [-0.3, -0.25) is 9.78 Å². The Balaban J connectivity index is 1.72. The second-order valence-corrected chi connectivity index (χ2v) is 6.53. The fourth-order valence-electron chi connectivity index (χ4n) is 2.57. The van der Waals surface area contributed by atoms with E-state index in [4.69, 9.17) is 11.6 Å². The summed E-state index contributed by atoms with van der Waals surface area (Å²) in [6.45, 7) is 3.90. The van der Waals surface area contributed by atoms with E-state index < -0.39 is 0 Å². The number of hydrogen-bond donors (Lipinski definition) is 2. The van der Waals surface area contributed by atoms with Crippen molar-refractivity contribution in [2.75, 3.05) is 5.32 Å². The first-order valence-corrected chi connectivity index (χ1v) is 8.76. The number of carbonyl (C=O) groups excluding carboxylic acids is 1. The standard InChI is InChI=1S/C21H20ClN3O/c1-14-8-9-17(12-19(14)22)25-18-10-11-23-20(13-18)21(26)24-15(2)16-6-4-3-5-7-16/h3-13,15H,1-2H3,(H,23,25)(H,24,26). The summed E-state index contributed by atoms with van der Waals surface area (Å²) in [7, 11) is 0. The number of rotatable bonds is 5. The predicted molar refractivity (Wildman–Crippen MR) is 106 cm³/mol. The van der Waals surface area contributed by atoms with Crippen molar-refractivity contribution in [1.29, 1.82) is 0 Å². The molecule has 1 heterocycles. The van der Waals surface area contributed by atoms with Gasteiger partial charge >= 0.3 is 0 Å². The molecule has 1 unspecified atom stereocenters. The lowest BCUT2D eigenvalue weighted by Crippen LogP contribution is -2.27. The number of carbonyl (C=O) groups is 1. The highest BCUT2D eigenvalue weighted by atomic mass is 35.5. The van der Waals surface area contributed by atoms with Gasteiger partial charge in [-0.15, -0.1) is 0 Å². The van der Waals surface area contributed by atoms with Crippen LogP contribution >= 0.6 is 11.6 Å². The smallest absolute Gasteiger partial charge is 0.270 e. The van der Waals surface area contributed by atoms with Gasteiger partial charge in [-0.05, 0) is 49.2 Å². The molecule has 3 aromatic rings. The van der Waals surface area contributed by atoms with Crippen LogP contribution in [-0.2, 0) is 0 Å². The van der Waals surface area contributed by atoms with E-state index >= 15 is 0 Å². The number of pyridine rings is 1. The van der Waals surface area contributed by atoms with Crippen molar-refractivity contribution in [2.45, 2.75) is 19.9 Å². The number of nitrogens with zero attached hydrogens (tertiary/aromatic N) is 1. The number of aryl methyl sites for hydroxylation is 1. The Morgan fingerprint density at radius 3 is 2.50 bits per heavy atom. The SMILES string of the molecule is Cc1ccc(Nc2ccnc(C(=O)NC(C)c3ccccc3)c2)cc1Cl. The van der Waals surface area contributed by atoms with E-state index in [1.165, 1.54) is 0 Å². The third-order valence-electron chi connectivity index (χ3n) is 4.10. The van der Waals surface area contributed by atoms with Crippen LogP contribution in [0.15, 0.2) is 66.9 Å². The third-order valence-corrected chi connectivity index (χ3v) is 4.51. The zero-order valence-electron chi connectivity index (χ0n) is 14.7. The molecule has 0 saturated carbocycles. The second kappa shape index (κ2) is 8.02. The number of halogens is 1. The first kappa shape index (κ1) is 18.0. The average Bonchev–Trinajstić information content (AvgIpc) is 2.65. The zero-order valence-corrected chi connectivity index (χ0v) is 15.4. The van der Waals surface area contributed by atoms with Gasteiger partial charge in [0.2, 0.25) is 0 Å². The highest BCUT2D eigenvalue weighted by molar-refractivity contribution is 6.31. The lowest BCUT2D eigenvalue weighted by molar-refractivity contribution is 0.0935. The molecule has 0 aliphatic rings. The lowest BCUT2D eigenvalue weighted by atomic mass is 10.1. The summed E-state index contributed by atoms with van der Waals surface area (Å²) in [6, 6.07) is 19.0. The molecule has 1 aromatic heterocycles. The van der Waals surface area contributed by atoms with E-state index in [1.54, 1.807) is 12.3 Å². The summed E-state index contributed by atoms with van der Waals surface area (Å²) in [5.74, 6) is -0.216. The Hall–Kier alpha value is -2.85. The predicted octanol–water partition coefficient (Wildman–Crippen LogP) is 5.28. The monoisotopic (exact) mass is 365 g/mol. The Morgan fingerprint density at radius 1 is 1.04 bits per heavy atom. The first-order valence-electron chi connectivity index (χ1n) is 8.38. The molecule has 0 aliphatic carbocycles. The topological polar surface area (TPSA) is 54.0 Å². The van der Waals surface area contributed by atoms with Gasteiger partial charge in [0.25, 0.3) is 5.91 Å². The minimum Gasteiger partial charge on any atom is -0.355 e. The summed E-state index contributed by atoms with van der Waals surface area (Å²) >= 11 is 6.16. The largest absolute Gasteiger partial charge is 0.355 e. The van der Waals surface area contributed by atoms with Gasteiger partial charge in [0.1, 0.15) is 5.69 Å². The van der Waals surface area contributed by atoms with Crippen molar-refractivity contribution in [3.05, 3.63) is 88.7 Å². The summed E-state index contributed by atoms with van der Waals surface area (Å²) < 4.78 is 0. The van der Waals surface area contributed by atoms with Crippen LogP contribution in [0.1, 0.15) is 34.6 Å². The molecule has 0 saturated heterocycles. The first-order chi connectivity index (χ1) is 12.5. The summed E-state index contributed by atoms with van der Waals surface area (Å²) in [5.41, 5.74) is 4.05. The van der Waals surface area contributed by atoms with Crippen molar-refractivity contribution in [1.82, 2.24) is 10.3 Å². The van der Waals surface area contributed by atoms with Gasteiger partial charge < -0.3 is 10.6 Å². The molecule has 1 atom stereocenters. The van der Waals surface area contributed by atoms with E-state index in [0.29, 0.717) is 10.7 Å². The summed E-state index contributed by atoms with van der Waals surface area (Å²) in [6.07, 6.45) is 1.61. The van der Waals surface area contributed by atoms with Gasteiger partial charge in [0.15, 0.2) is 0 Å². The van der Waals surface area contributed by atoms with E-state index in [1.807, 2.05) is 68.4 Å². The Bertz CT molecular complexity index is 912. The van der Waals surface area contributed by atoms with Crippen LogP contribution in [0, 0.1) is 6.92 Å². The second-order valence-electron chi connectivity index (χ2n) is 6.12. The van der Waals surface area contributed by atoms with Crippen LogP contribution in [0.25, 0.3) is 0 Å². The van der Waals surface area contributed by atoms with E-state index in [0.717, 1.165) is 22.5 Å². The highest BCUT2D eigenvalue weighted by Crippen LogP contribution is 2.23. The fraction of sp³-hybridized carbons (Fsp3) is 0.143. The van der Waals surface area contributed by atoms with Crippen molar-refractivity contribution < 1.29 is 4.79 Å². The number of aromatic nitrogens is 1. The molecule has 4 nitrogen and oxygen atoms in total. The number of benzene rings is 2. The van der Waals surface area contributed by atoms with E-state index in [-0.39, 0.29) is 11.9 Å². The highest BCUT2D eigenvalue weighted by Gasteiger charge is 2.13. The maximum Gasteiger partial charge on any atom is 0.270 e. The van der Waals surface area contributed by atoms with Gasteiger partial charge in [-0.25, -0.2) is 0 Å². The molecule has 2 N–H and O–H groups in total. The van der Waals surface area contributed by atoms with Crippen LogP contribution in [-0.4, -0.2) is 10.9 Å². The third kappa shape index (κ3) is 4.41. The molecule has 0 radical (unpaired) electrons. The van der Waals surface area contributed by atoms with Crippen molar-refractivity contribution in [3.8, 4) is 0 Å². The van der Waals surface area contributed by atoms with Gasteiger partial charge in [-0.2, -0.15) is 0 Å². The van der Waals surface area contributed by atoms with E-state index in [9.17, 15) is 4.79 Å². The lowest BCUT2D eigenvalue weighted by Gasteiger charge is -2.14. The van der Waals surface area contributed by atoms with E-state index in [2.05, 4.69) is 15.6 Å². The number of hydrogen-bond acceptors (Lipinski definition) is 3. The normalized spacial score (nSPS) is 11.7. The molecule has 0 fully saturated rings. The maximum absolute atomic E-state index is 12.5. The molecule has 1 amide bonds. The molecule has 0 bridgehead atoms. The van der Waals surface area contributed by atoms with Gasteiger partial charge in [0.05, 0.1) is 6.04 Å². The van der Waals surface area contributed by atoms with Crippen LogP contribution < -0.4 is 10.6 Å². The van der Waals surface area contributed by atoms with Crippen molar-refractivity contribution >= 4 is 28.9 Å². The van der Waals surface area contributed by atoms with Crippen LogP contribution in [0.2, 0.25) is 5.02 Å². The Labute approximate surface area is 158 Å². The molecule has 0 spiro atoms. The molecule has 0 aliphatic heterocycles. The quantitative estimate of drug-likeness (QED) is 0.646.